The van der Waals surface area contributed by atoms with Gasteiger partial charge >= 0.3 is 0 Å². The predicted molar refractivity (Wildman–Crippen MR) is 70.9 cm³/mol. The SMILES string of the molecule is Nc1ccc(-n2ncc3c(c2=O)CCCC3)cc1. The van der Waals surface area contributed by atoms with Crippen molar-refractivity contribution in [3.63, 3.8) is 0 Å². The minimum atomic E-state index is 0.0111. The summed E-state index contributed by atoms with van der Waals surface area (Å²) in [6, 6.07) is 7.20. The van der Waals surface area contributed by atoms with E-state index in [0.29, 0.717) is 5.69 Å². The zero-order valence-electron chi connectivity index (χ0n) is 10.1. The highest BCUT2D eigenvalue weighted by Crippen LogP contribution is 2.17. The van der Waals surface area contributed by atoms with Crippen LogP contribution in [0.1, 0.15) is 24.0 Å². The number of benzene rings is 1. The van der Waals surface area contributed by atoms with Gasteiger partial charge < -0.3 is 5.73 Å². The largest absolute Gasteiger partial charge is 0.399 e. The number of rotatable bonds is 1. The van der Waals surface area contributed by atoms with E-state index in [0.717, 1.165) is 42.5 Å². The summed E-state index contributed by atoms with van der Waals surface area (Å²) in [5.74, 6) is 0. The quantitative estimate of drug-likeness (QED) is 0.773. The molecule has 0 spiro atoms. The van der Waals surface area contributed by atoms with E-state index < -0.39 is 0 Å². The van der Waals surface area contributed by atoms with Gasteiger partial charge in [-0.15, -0.1) is 0 Å². The lowest BCUT2D eigenvalue weighted by molar-refractivity contribution is 0.649. The maximum absolute atomic E-state index is 12.4. The lowest BCUT2D eigenvalue weighted by Gasteiger charge is -2.15. The number of hydrogen-bond donors (Lipinski definition) is 1. The van der Waals surface area contributed by atoms with Crippen molar-refractivity contribution in [3.8, 4) is 5.69 Å². The van der Waals surface area contributed by atoms with E-state index in [4.69, 9.17) is 5.73 Å². The highest BCUT2D eigenvalue weighted by Gasteiger charge is 2.15. The second-order valence-electron chi connectivity index (χ2n) is 4.66. The molecule has 0 atom stereocenters. The summed E-state index contributed by atoms with van der Waals surface area (Å²) in [4.78, 5) is 12.4. The van der Waals surface area contributed by atoms with Crippen LogP contribution in [0.15, 0.2) is 35.3 Å². The molecule has 4 nitrogen and oxygen atoms in total. The van der Waals surface area contributed by atoms with E-state index in [1.807, 2.05) is 18.3 Å². The third-order valence-electron chi connectivity index (χ3n) is 3.43. The second-order valence-corrected chi connectivity index (χ2v) is 4.66. The Bertz CT molecular complexity index is 628. The van der Waals surface area contributed by atoms with Crippen molar-refractivity contribution in [3.05, 3.63) is 51.9 Å². The number of fused-ring (bicyclic) bond motifs is 1. The molecule has 1 aromatic heterocycles. The monoisotopic (exact) mass is 241 g/mol. The Labute approximate surface area is 105 Å². The maximum atomic E-state index is 12.4. The molecular formula is C14H15N3O. The van der Waals surface area contributed by atoms with Gasteiger partial charge in [0.25, 0.3) is 5.56 Å². The Kier molecular flexibility index (Phi) is 2.63. The van der Waals surface area contributed by atoms with Gasteiger partial charge in [-0.1, -0.05) is 0 Å². The molecule has 0 saturated heterocycles. The molecule has 1 aromatic carbocycles. The Hall–Kier alpha value is -2.10. The fourth-order valence-corrected chi connectivity index (χ4v) is 2.42. The van der Waals surface area contributed by atoms with E-state index in [-0.39, 0.29) is 5.56 Å². The van der Waals surface area contributed by atoms with Crippen LogP contribution in [0.5, 0.6) is 0 Å². The summed E-state index contributed by atoms with van der Waals surface area (Å²) in [7, 11) is 0. The van der Waals surface area contributed by atoms with Gasteiger partial charge in [-0.25, -0.2) is 0 Å². The highest BCUT2D eigenvalue weighted by atomic mass is 16.1. The summed E-state index contributed by atoms with van der Waals surface area (Å²) < 4.78 is 1.46. The molecule has 2 aromatic rings. The molecule has 4 heteroatoms. The molecule has 0 saturated carbocycles. The van der Waals surface area contributed by atoms with E-state index in [9.17, 15) is 4.79 Å². The number of aryl methyl sites for hydroxylation is 1. The van der Waals surface area contributed by atoms with Crippen molar-refractivity contribution in [2.24, 2.45) is 0 Å². The molecule has 1 heterocycles. The van der Waals surface area contributed by atoms with E-state index in [1.54, 1.807) is 12.1 Å². The molecule has 1 aliphatic carbocycles. The van der Waals surface area contributed by atoms with Crippen LogP contribution in [0.2, 0.25) is 0 Å². The normalized spacial score (nSPS) is 14.2. The lowest BCUT2D eigenvalue weighted by atomic mass is 9.94. The number of nitrogens with zero attached hydrogens (tertiary/aromatic N) is 2. The van der Waals surface area contributed by atoms with E-state index in [1.165, 1.54) is 4.68 Å². The number of anilines is 1. The van der Waals surface area contributed by atoms with E-state index >= 15 is 0 Å². The van der Waals surface area contributed by atoms with Crippen molar-refractivity contribution in [2.45, 2.75) is 25.7 Å². The zero-order valence-corrected chi connectivity index (χ0v) is 10.1. The minimum absolute atomic E-state index is 0.0111. The molecular weight excluding hydrogens is 226 g/mol. The van der Waals surface area contributed by atoms with Crippen LogP contribution in [0.4, 0.5) is 5.69 Å². The van der Waals surface area contributed by atoms with Gasteiger partial charge in [0.15, 0.2) is 0 Å². The van der Waals surface area contributed by atoms with Gasteiger partial charge in [-0.3, -0.25) is 4.79 Å². The average molecular weight is 241 g/mol. The van der Waals surface area contributed by atoms with Crippen LogP contribution in [0.3, 0.4) is 0 Å². The standard InChI is InChI=1S/C14H15N3O/c15-11-5-7-12(8-6-11)17-14(18)13-4-2-1-3-10(13)9-16-17/h5-9H,1-4,15H2. The molecule has 18 heavy (non-hydrogen) atoms. The fourth-order valence-electron chi connectivity index (χ4n) is 2.42. The first-order chi connectivity index (χ1) is 8.75. The average Bonchev–Trinajstić information content (AvgIpc) is 2.41. The number of hydrogen-bond acceptors (Lipinski definition) is 3. The van der Waals surface area contributed by atoms with Crippen LogP contribution in [0.25, 0.3) is 5.69 Å². The van der Waals surface area contributed by atoms with Gasteiger partial charge in [-0.2, -0.15) is 9.78 Å². The summed E-state index contributed by atoms with van der Waals surface area (Å²) >= 11 is 0. The van der Waals surface area contributed by atoms with Gasteiger partial charge in [0.2, 0.25) is 0 Å². The number of aromatic nitrogens is 2. The van der Waals surface area contributed by atoms with Gasteiger partial charge in [0, 0.05) is 11.3 Å². The fraction of sp³-hybridized carbons (Fsp3) is 0.286. The predicted octanol–water partition coefficient (Wildman–Crippen LogP) is 1.69. The zero-order chi connectivity index (χ0) is 12.5. The number of nitrogen functional groups attached to an aromatic ring is 1. The molecule has 0 amide bonds. The van der Waals surface area contributed by atoms with Crippen molar-refractivity contribution < 1.29 is 0 Å². The van der Waals surface area contributed by atoms with Crippen LogP contribution in [0, 0.1) is 0 Å². The Balaban J connectivity index is 2.13. The van der Waals surface area contributed by atoms with Crippen LogP contribution in [-0.4, -0.2) is 9.78 Å². The van der Waals surface area contributed by atoms with Gasteiger partial charge in [0.1, 0.15) is 0 Å². The molecule has 92 valence electrons. The maximum Gasteiger partial charge on any atom is 0.274 e. The highest BCUT2D eigenvalue weighted by molar-refractivity contribution is 5.45. The van der Waals surface area contributed by atoms with Crippen LogP contribution < -0.4 is 11.3 Å². The first-order valence-corrected chi connectivity index (χ1v) is 6.22. The Morgan fingerprint density at radius 1 is 1.11 bits per heavy atom. The third kappa shape index (κ3) is 1.79. The Morgan fingerprint density at radius 3 is 2.61 bits per heavy atom. The van der Waals surface area contributed by atoms with Crippen LogP contribution >= 0.6 is 0 Å². The van der Waals surface area contributed by atoms with Crippen molar-refractivity contribution >= 4 is 5.69 Å². The summed E-state index contributed by atoms with van der Waals surface area (Å²) in [5.41, 5.74) is 9.14. The van der Waals surface area contributed by atoms with Gasteiger partial charge in [0.05, 0.1) is 11.9 Å². The third-order valence-corrected chi connectivity index (χ3v) is 3.43. The summed E-state index contributed by atoms with van der Waals surface area (Å²) in [6.45, 7) is 0. The van der Waals surface area contributed by atoms with Crippen molar-refractivity contribution in [1.29, 1.82) is 0 Å². The van der Waals surface area contributed by atoms with Crippen molar-refractivity contribution in [2.75, 3.05) is 5.73 Å². The summed E-state index contributed by atoms with van der Waals surface area (Å²) in [5, 5.41) is 4.25. The van der Waals surface area contributed by atoms with Gasteiger partial charge in [-0.05, 0) is 55.5 Å². The van der Waals surface area contributed by atoms with E-state index in [2.05, 4.69) is 5.10 Å². The molecule has 2 N–H and O–H groups in total. The first-order valence-electron chi connectivity index (χ1n) is 6.22. The molecule has 0 radical (unpaired) electrons. The molecule has 0 aliphatic heterocycles. The lowest BCUT2D eigenvalue weighted by Crippen LogP contribution is -2.27. The second kappa shape index (κ2) is 4.29. The van der Waals surface area contributed by atoms with Crippen LogP contribution in [-0.2, 0) is 12.8 Å². The molecule has 1 aliphatic rings. The Morgan fingerprint density at radius 2 is 1.83 bits per heavy atom. The molecule has 3 rings (SSSR count). The minimum Gasteiger partial charge on any atom is -0.399 e. The topological polar surface area (TPSA) is 60.9 Å². The molecule has 0 fully saturated rings. The molecule has 0 bridgehead atoms. The molecule has 0 unspecified atom stereocenters. The smallest absolute Gasteiger partial charge is 0.274 e. The van der Waals surface area contributed by atoms with Crippen molar-refractivity contribution in [1.82, 2.24) is 9.78 Å². The number of nitrogens with two attached hydrogens (primary N) is 1. The summed E-state index contributed by atoms with van der Waals surface area (Å²) in [6.07, 6.45) is 5.91. The first kappa shape index (κ1) is 11.0.